The smallest absolute Gasteiger partial charge is 0.309 e. The first-order valence-electron chi connectivity index (χ1n) is 6.58. The quantitative estimate of drug-likeness (QED) is 0.924. The van der Waals surface area contributed by atoms with Gasteiger partial charge in [-0.25, -0.2) is 4.98 Å². The summed E-state index contributed by atoms with van der Waals surface area (Å²) in [6.07, 6.45) is 1.64. The summed E-state index contributed by atoms with van der Waals surface area (Å²) in [4.78, 5) is 17.2. The Balaban J connectivity index is 1.63. The second-order valence-electron chi connectivity index (χ2n) is 5.24. The average Bonchev–Trinajstić information content (AvgIpc) is 2.82. The van der Waals surface area contributed by atoms with E-state index >= 15 is 0 Å². The minimum absolute atomic E-state index is 0.238. The summed E-state index contributed by atoms with van der Waals surface area (Å²) in [7, 11) is 0. The lowest BCUT2D eigenvalue weighted by molar-refractivity contribution is -0.147. The van der Waals surface area contributed by atoms with Crippen molar-refractivity contribution in [1.29, 1.82) is 0 Å². The molecule has 1 fully saturated rings. The van der Waals surface area contributed by atoms with Crippen LogP contribution in [0.1, 0.15) is 11.3 Å². The third kappa shape index (κ3) is 2.58. The second kappa shape index (κ2) is 5.09. The summed E-state index contributed by atoms with van der Waals surface area (Å²) in [5.74, 6) is -0.351. The fraction of sp³-hybridized carbons (Fsp3) is 0.333. The van der Waals surface area contributed by atoms with Crippen LogP contribution in [-0.4, -0.2) is 34.0 Å². The Kier molecular flexibility index (Phi) is 3.28. The van der Waals surface area contributed by atoms with Crippen molar-refractivity contribution in [3.63, 3.8) is 0 Å². The van der Waals surface area contributed by atoms with Gasteiger partial charge in [-0.15, -0.1) is 0 Å². The van der Waals surface area contributed by atoms with Gasteiger partial charge in [-0.2, -0.15) is 0 Å². The van der Waals surface area contributed by atoms with Crippen molar-refractivity contribution >= 4 is 5.97 Å². The number of carbonyl (C=O) groups is 1. The summed E-state index contributed by atoms with van der Waals surface area (Å²) >= 11 is 0. The minimum atomic E-state index is -0.721. The third-order valence-electron chi connectivity index (χ3n) is 3.54. The second-order valence-corrected chi connectivity index (χ2v) is 5.24. The molecule has 1 saturated heterocycles. The standard InChI is InChI=1S/C15H16N2O3/c1-10-2-4-11(5-3-10)14-16-13(9-20-14)8-17-6-12(7-17)15(18)19/h2-5,9,12H,6-8H2,1H3,(H,18,19). The highest BCUT2D eigenvalue weighted by Gasteiger charge is 2.32. The van der Waals surface area contributed by atoms with Gasteiger partial charge in [0, 0.05) is 25.2 Å². The summed E-state index contributed by atoms with van der Waals surface area (Å²) < 4.78 is 5.48. The Hall–Kier alpha value is -2.14. The van der Waals surface area contributed by atoms with Gasteiger partial charge in [0.1, 0.15) is 6.26 Å². The highest BCUT2D eigenvalue weighted by molar-refractivity contribution is 5.71. The van der Waals surface area contributed by atoms with E-state index in [1.54, 1.807) is 6.26 Å². The van der Waals surface area contributed by atoms with Crippen molar-refractivity contribution in [2.24, 2.45) is 5.92 Å². The van der Waals surface area contributed by atoms with Crippen LogP contribution < -0.4 is 0 Å². The Morgan fingerprint density at radius 3 is 2.75 bits per heavy atom. The fourth-order valence-corrected chi connectivity index (χ4v) is 2.29. The lowest BCUT2D eigenvalue weighted by atomic mass is 10.0. The molecule has 2 heterocycles. The maximum absolute atomic E-state index is 10.7. The van der Waals surface area contributed by atoms with E-state index in [9.17, 15) is 4.79 Å². The summed E-state index contributed by atoms with van der Waals surface area (Å²) in [6.45, 7) is 3.84. The zero-order valence-corrected chi connectivity index (χ0v) is 11.2. The van der Waals surface area contributed by atoms with Crippen LogP contribution in [0.3, 0.4) is 0 Å². The molecular weight excluding hydrogens is 256 g/mol. The van der Waals surface area contributed by atoms with E-state index in [0.717, 1.165) is 11.3 Å². The van der Waals surface area contributed by atoms with E-state index in [2.05, 4.69) is 9.88 Å². The van der Waals surface area contributed by atoms with Gasteiger partial charge in [-0.05, 0) is 19.1 Å². The van der Waals surface area contributed by atoms with Crippen LogP contribution in [0.15, 0.2) is 34.9 Å². The van der Waals surface area contributed by atoms with E-state index in [4.69, 9.17) is 9.52 Å². The molecule has 2 aromatic rings. The average molecular weight is 272 g/mol. The van der Waals surface area contributed by atoms with Crippen LogP contribution in [0.25, 0.3) is 11.5 Å². The topological polar surface area (TPSA) is 66.6 Å². The van der Waals surface area contributed by atoms with Crippen LogP contribution in [0, 0.1) is 12.8 Å². The molecule has 20 heavy (non-hydrogen) atoms. The van der Waals surface area contributed by atoms with Crippen molar-refractivity contribution in [2.75, 3.05) is 13.1 Å². The molecule has 0 amide bonds. The zero-order chi connectivity index (χ0) is 14.1. The van der Waals surface area contributed by atoms with Crippen LogP contribution in [0.2, 0.25) is 0 Å². The number of aryl methyl sites for hydroxylation is 1. The molecule has 0 bridgehead atoms. The molecule has 3 rings (SSSR count). The summed E-state index contributed by atoms with van der Waals surface area (Å²) in [6, 6.07) is 8.00. The Labute approximate surface area is 116 Å². The van der Waals surface area contributed by atoms with Crippen molar-refractivity contribution in [1.82, 2.24) is 9.88 Å². The predicted octanol–water partition coefficient (Wildman–Crippen LogP) is 2.17. The van der Waals surface area contributed by atoms with Crippen molar-refractivity contribution in [3.05, 3.63) is 41.8 Å². The monoisotopic (exact) mass is 272 g/mol. The molecule has 1 aromatic heterocycles. The highest BCUT2D eigenvalue weighted by Crippen LogP contribution is 2.22. The van der Waals surface area contributed by atoms with Crippen molar-refractivity contribution in [2.45, 2.75) is 13.5 Å². The SMILES string of the molecule is Cc1ccc(-c2nc(CN3CC(C(=O)O)C3)co2)cc1. The van der Waals surface area contributed by atoms with E-state index in [0.29, 0.717) is 25.5 Å². The van der Waals surface area contributed by atoms with Gasteiger partial charge in [-0.3, -0.25) is 9.69 Å². The largest absolute Gasteiger partial charge is 0.481 e. The Bertz CT molecular complexity index is 612. The van der Waals surface area contributed by atoms with Crippen molar-refractivity contribution < 1.29 is 14.3 Å². The number of rotatable bonds is 4. The summed E-state index contributed by atoms with van der Waals surface area (Å²) in [5.41, 5.74) is 2.99. The van der Waals surface area contributed by atoms with Gasteiger partial charge in [0.2, 0.25) is 5.89 Å². The molecule has 1 N–H and O–H groups in total. The highest BCUT2D eigenvalue weighted by atomic mass is 16.4. The molecule has 0 unspecified atom stereocenters. The minimum Gasteiger partial charge on any atom is -0.481 e. The number of aromatic nitrogens is 1. The molecule has 1 aliphatic heterocycles. The molecule has 0 spiro atoms. The first-order chi connectivity index (χ1) is 9.61. The number of carboxylic acid groups (broad SMARTS) is 1. The third-order valence-corrected chi connectivity index (χ3v) is 3.54. The van der Waals surface area contributed by atoms with Gasteiger partial charge >= 0.3 is 5.97 Å². The Morgan fingerprint density at radius 1 is 1.40 bits per heavy atom. The maximum atomic E-state index is 10.7. The fourth-order valence-electron chi connectivity index (χ4n) is 2.29. The van der Waals surface area contributed by atoms with E-state index in [1.807, 2.05) is 31.2 Å². The molecule has 5 heteroatoms. The number of likely N-dealkylation sites (tertiary alicyclic amines) is 1. The molecule has 0 aliphatic carbocycles. The lowest BCUT2D eigenvalue weighted by Crippen LogP contribution is -2.49. The lowest BCUT2D eigenvalue weighted by Gasteiger charge is -2.35. The normalized spacial score (nSPS) is 16.1. The predicted molar refractivity (Wildman–Crippen MR) is 73.1 cm³/mol. The maximum Gasteiger partial charge on any atom is 0.309 e. The number of benzene rings is 1. The molecular formula is C15H16N2O3. The molecule has 0 radical (unpaired) electrons. The first kappa shape index (κ1) is 12.9. The molecule has 0 saturated carbocycles. The van der Waals surface area contributed by atoms with Crippen molar-refractivity contribution in [3.8, 4) is 11.5 Å². The van der Waals surface area contributed by atoms with Crippen LogP contribution in [0.5, 0.6) is 0 Å². The zero-order valence-electron chi connectivity index (χ0n) is 11.2. The molecule has 1 aliphatic rings. The van der Waals surface area contributed by atoms with Gasteiger partial charge < -0.3 is 9.52 Å². The van der Waals surface area contributed by atoms with Gasteiger partial charge in [0.05, 0.1) is 11.6 Å². The van der Waals surface area contributed by atoms with Gasteiger partial charge in [0.25, 0.3) is 0 Å². The number of oxazole rings is 1. The summed E-state index contributed by atoms with van der Waals surface area (Å²) in [5, 5.41) is 8.83. The molecule has 5 nitrogen and oxygen atoms in total. The van der Waals surface area contributed by atoms with Crippen LogP contribution >= 0.6 is 0 Å². The first-order valence-corrected chi connectivity index (χ1v) is 6.58. The van der Waals surface area contributed by atoms with Crippen LogP contribution in [-0.2, 0) is 11.3 Å². The Morgan fingerprint density at radius 2 is 2.10 bits per heavy atom. The number of hydrogen-bond acceptors (Lipinski definition) is 4. The molecule has 0 atom stereocenters. The molecule has 104 valence electrons. The number of nitrogens with zero attached hydrogens (tertiary/aromatic N) is 2. The van der Waals surface area contributed by atoms with E-state index < -0.39 is 5.97 Å². The number of aliphatic carboxylic acids is 1. The van der Waals surface area contributed by atoms with Crippen LogP contribution in [0.4, 0.5) is 0 Å². The number of hydrogen-bond donors (Lipinski definition) is 1. The number of carboxylic acids is 1. The van der Waals surface area contributed by atoms with Gasteiger partial charge in [-0.1, -0.05) is 17.7 Å². The van der Waals surface area contributed by atoms with E-state index in [-0.39, 0.29) is 5.92 Å². The molecule has 1 aromatic carbocycles. The van der Waals surface area contributed by atoms with Gasteiger partial charge in [0.15, 0.2) is 0 Å². The van der Waals surface area contributed by atoms with E-state index in [1.165, 1.54) is 5.56 Å².